The highest BCUT2D eigenvalue weighted by Gasteiger charge is 2.30. The van der Waals surface area contributed by atoms with E-state index in [2.05, 4.69) is 15.5 Å². The normalized spacial score (nSPS) is 15.7. The van der Waals surface area contributed by atoms with Gasteiger partial charge in [0.2, 0.25) is 11.8 Å². The molecule has 1 amide bonds. The average Bonchev–Trinajstić information content (AvgIpc) is 2.99. The maximum absolute atomic E-state index is 11.8. The number of nitrogens with one attached hydrogen (secondary N) is 2. The van der Waals surface area contributed by atoms with E-state index in [0.29, 0.717) is 5.89 Å². The van der Waals surface area contributed by atoms with E-state index in [4.69, 9.17) is 4.42 Å². The Kier molecular flexibility index (Phi) is 3.50. The van der Waals surface area contributed by atoms with Gasteiger partial charge in [-0.1, -0.05) is 5.10 Å². The Morgan fingerprint density at radius 1 is 1.39 bits per heavy atom. The number of alkyl halides is 3. The zero-order chi connectivity index (χ0) is 13.2. The predicted octanol–water partition coefficient (Wildman–Crippen LogP) is 1.04. The van der Waals surface area contributed by atoms with Gasteiger partial charge in [0.25, 0.3) is 0 Å². The molecule has 1 saturated carbocycles. The van der Waals surface area contributed by atoms with Crippen LogP contribution in [0.3, 0.4) is 0 Å². The van der Waals surface area contributed by atoms with Crippen LogP contribution in [0.1, 0.15) is 24.7 Å². The van der Waals surface area contributed by atoms with E-state index in [-0.39, 0.29) is 11.9 Å². The van der Waals surface area contributed by atoms with Crippen LogP contribution in [0, 0.1) is 0 Å². The van der Waals surface area contributed by atoms with E-state index >= 15 is 0 Å². The molecule has 0 atom stereocenters. The highest BCUT2D eigenvalue weighted by Crippen LogP contribution is 2.39. The summed E-state index contributed by atoms with van der Waals surface area (Å²) in [5, 5.41) is 11.5. The maximum Gasteiger partial charge on any atom is 0.401 e. The molecule has 100 valence electrons. The van der Waals surface area contributed by atoms with Crippen molar-refractivity contribution in [3.05, 3.63) is 5.89 Å². The topological polar surface area (TPSA) is 80.0 Å². The molecule has 2 N–H and O–H groups in total. The van der Waals surface area contributed by atoms with Gasteiger partial charge in [-0.3, -0.25) is 10.1 Å². The van der Waals surface area contributed by atoms with Gasteiger partial charge in [0, 0.05) is 5.92 Å². The molecule has 1 aromatic rings. The molecular formula is C9H11F3N4O2. The second kappa shape index (κ2) is 4.92. The van der Waals surface area contributed by atoms with Crippen LogP contribution < -0.4 is 10.6 Å². The molecule has 2 rings (SSSR count). The van der Waals surface area contributed by atoms with Gasteiger partial charge in [-0.05, 0) is 12.8 Å². The predicted molar refractivity (Wildman–Crippen MR) is 53.8 cm³/mol. The monoisotopic (exact) mass is 264 g/mol. The molecule has 0 saturated heterocycles. The van der Waals surface area contributed by atoms with Crippen molar-refractivity contribution in [2.24, 2.45) is 0 Å². The first-order chi connectivity index (χ1) is 8.44. The third-order valence-electron chi connectivity index (χ3n) is 2.22. The molecule has 0 unspecified atom stereocenters. The zero-order valence-corrected chi connectivity index (χ0v) is 9.25. The molecule has 1 aromatic heterocycles. The van der Waals surface area contributed by atoms with Crippen LogP contribution in [0.15, 0.2) is 4.42 Å². The molecule has 1 fully saturated rings. The van der Waals surface area contributed by atoms with E-state index < -0.39 is 25.2 Å². The molecule has 1 aliphatic carbocycles. The number of carbonyl (C=O) groups excluding carboxylic acids is 1. The van der Waals surface area contributed by atoms with Gasteiger partial charge in [-0.25, -0.2) is 0 Å². The SMILES string of the molecule is O=C(CNCC(F)(F)F)Nc1nnc(C2CC2)o1. The van der Waals surface area contributed by atoms with Crippen LogP contribution in [0.4, 0.5) is 19.2 Å². The lowest BCUT2D eigenvalue weighted by Gasteiger charge is -2.06. The second-order valence-electron chi connectivity index (χ2n) is 3.99. The smallest absolute Gasteiger partial charge is 0.401 e. The first-order valence-electron chi connectivity index (χ1n) is 5.35. The first kappa shape index (κ1) is 12.8. The number of carbonyl (C=O) groups is 1. The largest absolute Gasteiger partial charge is 0.408 e. The van der Waals surface area contributed by atoms with Crippen molar-refractivity contribution in [1.29, 1.82) is 0 Å². The summed E-state index contributed by atoms with van der Waals surface area (Å²) in [6.45, 7) is -1.70. The van der Waals surface area contributed by atoms with E-state index in [1.165, 1.54) is 0 Å². The van der Waals surface area contributed by atoms with E-state index in [1.54, 1.807) is 0 Å². The summed E-state index contributed by atoms with van der Waals surface area (Å²) in [6, 6.07) is -0.0873. The van der Waals surface area contributed by atoms with Crippen LogP contribution in [0.25, 0.3) is 0 Å². The number of halogens is 3. The second-order valence-corrected chi connectivity index (χ2v) is 3.99. The number of aromatic nitrogens is 2. The Morgan fingerprint density at radius 3 is 2.72 bits per heavy atom. The molecule has 18 heavy (non-hydrogen) atoms. The molecule has 0 bridgehead atoms. The lowest BCUT2D eigenvalue weighted by atomic mass is 10.4. The molecule has 0 aliphatic heterocycles. The Hall–Kier alpha value is -1.64. The maximum atomic E-state index is 11.8. The minimum absolute atomic E-state index is 0.0873. The molecule has 6 nitrogen and oxygen atoms in total. The summed E-state index contributed by atoms with van der Waals surface area (Å²) in [4.78, 5) is 11.2. The quantitative estimate of drug-likeness (QED) is 0.830. The number of rotatable bonds is 5. The van der Waals surface area contributed by atoms with Crippen LogP contribution in [0.5, 0.6) is 0 Å². The van der Waals surface area contributed by atoms with E-state index in [1.807, 2.05) is 5.32 Å². The number of amides is 1. The van der Waals surface area contributed by atoms with Gasteiger partial charge in [-0.15, -0.1) is 5.10 Å². The van der Waals surface area contributed by atoms with Gasteiger partial charge >= 0.3 is 12.2 Å². The third kappa shape index (κ3) is 3.99. The highest BCUT2D eigenvalue weighted by atomic mass is 19.4. The van der Waals surface area contributed by atoms with Crippen LogP contribution in [-0.2, 0) is 4.79 Å². The summed E-state index contributed by atoms with van der Waals surface area (Å²) in [7, 11) is 0. The molecule has 0 radical (unpaired) electrons. The van der Waals surface area contributed by atoms with Gasteiger partial charge in [0.05, 0.1) is 13.1 Å². The highest BCUT2D eigenvalue weighted by molar-refractivity contribution is 5.90. The number of anilines is 1. The number of hydrogen-bond donors (Lipinski definition) is 2. The van der Waals surface area contributed by atoms with Crippen LogP contribution >= 0.6 is 0 Å². The van der Waals surface area contributed by atoms with Crippen LogP contribution in [0.2, 0.25) is 0 Å². The first-order valence-corrected chi connectivity index (χ1v) is 5.35. The molecular weight excluding hydrogens is 253 g/mol. The summed E-state index contributed by atoms with van der Waals surface area (Å²) in [5.74, 6) is 0.0466. The minimum Gasteiger partial charge on any atom is -0.408 e. The zero-order valence-electron chi connectivity index (χ0n) is 9.25. The Bertz CT molecular complexity index is 428. The van der Waals surface area contributed by atoms with Gasteiger partial charge < -0.3 is 9.73 Å². The Morgan fingerprint density at radius 2 is 2.11 bits per heavy atom. The average molecular weight is 264 g/mol. The summed E-state index contributed by atoms with van der Waals surface area (Å²) in [6.07, 6.45) is -2.39. The van der Waals surface area contributed by atoms with Crippen molar-refractivity contribution in [2.45, 2.75) is 24.9 Å². The van der Waals surface area contributed by atoms with Crippen LogP contribution in [-0.4, -0.2) is 35.4 Å². The van der Waals surface area contributed by atoms with Crippen molar-refractivity contribution in [2.75, 3.05) is 18.4 Å². The molecule has 0 spiro atoms. The molecule has 1 aliphatic rings. The lowest BCUT2D eigenvalue weighted by Crippen LogP contribution is -2.35. The third-order valence-corrected chi connectivity index (χ3v) is 2.22. The molecule has 9 heteroatoms. The fourth-order valence-corrected chi connectivity index (χ4v) is 1.26. The van der Waals surface area contributed by atoms with Crippen molar-refractivity contribution in [3.8, 4) is 0 Å². The van der Waals surface area contributed by atoms with Crippen molar-refractivity contribution >= 4 is 11.9 Å². The fraction of sp³-hybridized carbons (Fsp3) is 0.667. The van der Waals surface area contributed by atoms with Crippen molar-refractivity contribution in [1.82, 2.24) is 15.5 Å². The van der Waals surface area contributed by atoms with E-state index in [0.717, 1.165) is 12.8 Å². The molecule has 0 aromatic carbocycles. The summed E-state index contributed by atoms with van der Waals surface area (Å²) < 4.78 is 40.5. The lowest BCUT2D eigenvalue weighted by molar-refractivity contribution is -0.127. The van der Waals surface area contributed by atoms with Crippen molar-refractivity contribution in [3.63, 3.8) is 0 Å². The van der Waals surface area contributed by atoms with Gasteiger partial charge in [0.15, 0.2) is 0 Å². The number of nitrogens with zero attached hydrogens (tertiary/aromatic N) is 2. The summed E-state index contributed by atoms with van der Waals surface area (Å²) >= 11 is 0. The fourth-order valence-electron chi connectivity index (χ4n) is 1.26. The van der Waals surface area contributed by atoms with Gasteiger partial charge in [0.1, 0.15) is 0 Å². The number of hydrogen-bond acceptors (Lipinski definition) is 5. The molecule has 1 heterocycles. The minimum atomic E-state index is -4.34. The van der Waals surface area contributed by atoms with Crippen molar-refractivity contribution < 1.29 is 22.4 Å². The van der Waals surface area contributed by atoms with E-state index in [9.17, 15) is 18.0 Å². The summed E-state index contributed by atoms with van der Waals surface area (Å²) in [5.41, 5.74) is 0. The van der Waals surface area contributed by atoms with Gasteiger partial charge in [-0.2, -0.15) is 13.2 Å². The standard InChI is InChI=1S/C9H11F3N4O2/c10-9(11,12)4-13-3-6(17)14-8-16-15-7(18-8)5-1-2-5/h5,13H,1-4H2,(H,14,16,17). The Balaban J connectivity index is 1.72. The Labute approximate surface area is 99.9 Å².